The van der Waals surface area contributed by atoms with Gasteiger partial charge in [0.15, 0.2) is 0 Å². The first-order valence-electron chi connectivity index (χ1n) is 5.44. The van der Waals surface area contributed by atoms with E-state index in [4.69, 9.17) is 5.73 Å². The smallest absolute Gasteiger partial charge is 0.130 e. The van der Waals surface area contributed by atoms with E-state index in [-0.39, 0.29) is 0 Å². The van der Waals surface area contributed by atoms with E-state index in [0.717, 1.165) is 23.5 Å². The van der Waals surface area contributed by atoms with Gasteiger partial charge in [0, 0.05) is 11.9 Å². The van der Waals surface area contributed by atoms with Crippen LogP contribution in [0.4, 0.5) is 5.82 Å². The number of hydrogen-bond donors (Lipinski definition) is 1. The van der Waals surface area contributed by atoms with Crippen LogP contribution in [0.5, 0.6) is 0 Å². The van der Waals surface area contributed by atoms with Gasteiger partial charge in [0.1, 0.15) is 5.82 Å². The molecular formula is C12H17N3S. The van der Waals surface area contributed by atoms with Crippen molar-refractivity contribution in [3.63, 3.8) is 0 Å². The predicted molar refractivity (Wildman–Crippen MR) is 69.5 cm³/mol. The van der Waals surface area contributed by atoms with Crippen LogP contribution in [-0.4, -0.2) is 9.78 Å². The molecule has 0 unspecified atom stereocenters. The molecule has 0 aromatic carbocycles. The molecule has 0 aliphatic heterocycles. The molecule has 2 N–H and O–H groups in total. The average molecular weight is 235 g/mol. The number of anilines is 1. The Hall–Kier alpha value is -1.29. The van der Waals surface area contributed by atoms with E-state index in [1.807, 2.05) is 13.1 Å². The third kappa shape index (κ3) is 1.97. The average Bonchev–Trinajstić information content (AvgIpc) is 2.76. The molecule has 2 aromatic rings. The zero-order valence-electron chi connectivity index (χ0n) is 9.90. The van der Waals surface area contributed by atoms with Crippen LogP contribution in [0.25, 0.3) is 10.4 Å². The van der Waals surface area contributed by atoms with Gasteiger partial charge in [-0.1, -0.05) is 19.9 Å². The van der Waals surface area contributed by atoms with Crippen molar-refractivity contribution in [1.29, 1.82) is 0 Å². The lowest BCUT2D eigenvalue weighted by Gasteiger charge is -2.03. The fourth-order valence-electron chi connectivity index (χ4n) is 1.81. The topological polar surface area (TPSA) is 43.8 Å². The molecule has 0 fully saturated rings. The van der Waals surface area contributed by atoms with Crippen molar-refractivity contribution >= 4 is 17.2 Å². The maximum Gasteiger partial charge on any atom is 0.130 e. The molecule has 2 rings (SSSR count). The molecule has 0 radical (unpaired) electrons. The maximum atomic E-state index is 6.08. The van der Waals surface area contributed by atoms with Crippen molar-refractivity contribution in [1.82, 2.24) is 9.78 Å². The summed E-state index contributed by atoms with van der Waals surface area (Å²) in [6, 6.07) is 4.15. The molecule has 16 heavy (non-hydrogen) atoms. The van der Waals surface area contributed by atoms with Gasteiger partial charge in [-0.15, -0.1) is 11.3 Å². The predicted octanol–water partition coefficient (Wildman–Crippen LogP) is 2.93. The molecule has 3 nitrogen and oxygen atoms in total. The zero-order valence-corrected chi connectivity index (χ0v) is 10.7. The van der Waals surface area contributed by atoms with Crippen molar-refractivity contribution in [2.45, 2.75) is 20.3 Å². The molecule has 0 atom stereocenters. The lowest BCUT2D eigenvalue weighted by Crippen LogP contribution is -1.98. The molecule has 0 amide bonds. The molecule has 2 heterocycles. The summed E-state index contributed by atoms with van der Waals surface area (Å²) in [6.45, 7) is 4.39. The van der Waals surface area contributed by atoms with Crippen LogP contribution in [0.2, 0.25) is 0 Å². The number of nitrogen functional groups attached to an aromatic ring is 1. The summed E-state index contributed by atoms with van der Waals surface area (Å²) >= 11 is 1.71. The molecule has 86 valence electrons. The highest BCUT2D eigenvalue weighted by Gasteiger charge is 2.16. The van der Waals surface area contributed by atoms with Crippen LogP contribution >= 0.6 is 11.3 Å². The van der Waals surface area contributed by atoms with Crippen molar-refractivity contribution in [3.8, 4) is 10.4 Å². The van der Waals surface area contributed by atoms with Gasteiger partial charge < -0.3 is 5.73 Å². The normalized spacial score (nSPS) is 11.2. The zero-order chi connectivity index (χ0) is 11.7. The first kappa shape index (κ1) is 11.2. The summed E-state index contributed by atoms with van der Waals surface area (Å²) in [5, 5.41) is 6.57. The van der Waals surface area contributed by atoms with Gasteiger partial charge in [-0.05, 0) is 23.8 Å². The Bertz CT molecular complexity index is 469. The van der Waals surface area contributed by atoms with Gasteiger partial charge in [-0.3, -0.25) is 4.68 Å². The second kappa shape index (κ2) is 4.29. The largest absolute Gasteiger partial charge is 0.383 e. The fourth-order valence-corrected chi connectivity index (χ4v) is 2.61. The van der Waals surface area contributed by atoms with E-state index in [0.29, 0.717) is 5.92 Å². The number of nitrogens with zero attached hydrogens (tertiary/aromatic N) is 2. The van der Waals surface area contributed by atoms with E-state index >= 15 is 0 Å². The van der Waals surface area contributed by atoms with Gasteiger partial charge in [0.05, 0.1) is 11.3 Å². The first-order valence-corrected chi connectivity index (χ1v) is 6.32. The Balaban J connectivity index is 2.49. The standard InChI is InChI=1S/C12H17N3S/c1-8(2)7-9-11(10-5-4-6-16-10)12(13)15(3)14-9/h4-6,8H,7,13H2,1-3H3. The molecular weight excluding hydrogens is 218 g/mol. The van der Waals surface area contributed by atoms with Crippen LogP contribution in [0.15, 0.2) is 17.5 Å². The fraction of sp³-hybridized carbons (Fsp3) is 0.417. The molecule has 0 aliphatic rings. The summed E-state index contributed by atoms with van der Waals surface area (Å²) < 4.78 is 1.77. The second-order valence-corrected chi connectivity index (χ2v) is 5.35. The minimum absolute atomic E-state index is 0.591. The van der Waals surface area contributed by atoms with Crippen molar-refractivity contribution in [3.05, 3.63) is 23.2 Å². The molecule has 0 spiro atoms. The Morgan fingerprint density at radius 3 is 2.81 bits per heavy atom. The third-order valence-corrected chi connectivity index (χ3v) is 3.42. The Morgan fingerprint density at radius 2 is 2.25 bits per heavy atom. The Morgan fingerprint density at radius 1 is 1.50 bits per heavy atom. The third-order valence-electron chi connectivity index (χ3n) is 2.53. The van der Waals surface area contributed by atoms with Crippen LogP contribution in [-0.2, 0) is 13.5 Å². The van der Waals surface area contributed by atoms with Gasteiger partial charge in [-0.25, -0.2) is 0 Å². The lowest BCUT2D eigenvalue weighted by atomic mass is 10.0. The molecule has 0 aliphatic carbocycles. The highest BCUT2D eigenvalue weighted by atomic mass is 32.1. The highest BCUT2D eigenvalue weighted by molar-refractivity contribution is 7.13. The molecule has 0 saturated heterocycles. The first-order chi connectivity index (χ1) is 7.59. The number of rotatable bonds is 3. The van der Waals surface area contributed by atoms with Gasteiger partial charge in [0.25, 0.3) is 0 Å². The van der Waals surface area contributed by atoms with Crippen molar-refractivity contribution < 1.29 is 0 Å². The van der Waals surface area contributed by atoms with E-state index in [1.165, 1.54) is 4.88 Å². The van der Waals surface area contributed by atoms with E-state index < -0.39 is 0 Å². The minimum atomic E-state index is 0.591. The van der Waals surface area contributed by atoms with E-state index in [1.54, 1.807) is 16.0 Å². The summed E-state index contributed by atoms with van der Waals surface area (Å²) in [6.07, 6.45) is 0.971. The van der Waals surface area contributed by atoms with Gasteiger partial charge in [-0.2, -0.15) is 5.10 Å². The van der Waals surface area contributed by atoms with Crippen LogP contribution in [0, 0.1) is 5.92 Å². The SMILES string of the molecule is CC(C)Cc1nn(C)c(N)c1-c1cccs1. The summed E-state index contributed by atoms with van der Waals surface area (Å²) in [5.41, 5.74) is 8.30. The van der Waals surface area contributed by atoms with Crippen molar-refractivity contribution in [2.75, 3.05) is 5.73 Å². The minimum Gasteiger partial charge on any atom is -0.383 e. The Labute approximate surface area is 99.9 Å². The number of aryl methyl sites for hydroxylation is 1. The Kier molecular flexibility index (Phi) is 3.01. The highest BCUT2D eigenvalue weighted by Crippen LogP contribution is 2.33. The number of thiophene rings is 1. The van der Waals surface area contributed by atoms with E-state index in [2.05, 4.69) is 30.4 Å². The van der Waals surface area contributed by atoms with E-state index in [9.17, 15) is 0 Å². The molecule has 2 aromatic heterocycles. The maximum absolute atomic E-state index is 6.08. The monoisotopic (exact) mass is 235 g/mol. The number of nitrogens with two attached hydrogens (primary N) is 1. The molecule has 0 saturated carbocycles. The number of hydrogen-bond acceptors (Lipinski definition) is 3. The quantitative estimate of drug-likeness (QED) is 0.889. The van der Waals surface area contributed by atoms with Gasteiger partial charge >= 0.3 is 0 Å². The lowest BCUT2D eigenvalue weighted by molar-refractivity contribution is 0.622. The summed E-state index contributed by atoms with van der Waals surface area (Å²) in [5.74, 6) is 1.35. The molecule has 4 heteroatoms. The number of aromatic nitrogens is 2. The van der Waals surface area contributed by atoms with Crippen LogP contribution < -0.4 is 5.73 Å². The van der Waals surface area contributed by atoms with Crippen LogP contribution in [0.1, 0.15) is 19.5 Å². The van der Waals surface area contributed by atoms with Gasteiger partial charge in [0.2, 0.25) is 0 Å². The molecule has 0 bridgehead atoms. The van der Waals surface area contributed by atoms with Crippen molar-refractivity contribution in [2.24, 2.45) is 13.0 Å². The summed E-state index contributed by atoms with van der Waals surface area (Å²) in [7, 11) is 1.90. The van der Waals surface area contributed by atoms with Crippen LogP contribution in [0.3, 0.4) is 0 Å². The summed E-state index contributed by atoms with van der Waals surface area (Å²) in [4.78, 5) is 1.21. The second-order valence-electron chi connectivity index (χ2n) is 4.41.